The van der Waals surface area contributed by atoms with Gasteiger partial charge in [-0.2, -0.15) is 0 Å². The molecule has 0 aromatic carbocycles. The van der Waals surface area contributed by atoms with Crippen LogP contribution in [0.1, 0.15) is 27.7 Å². The van der Waals surface area contributed by atoms with Crippen molar-refractivity contribution in [3.63, 3.8) is 0 Å². The molecule has 1 heterocycles. The van der Waals surface area contributed by atoms with Gasteiger partial charge in [0.1, 0.15) is 0 Å². The molecule has 0 atom stereocenters. The van der Waals surface area contributed by atoms with E-state index in [1.165, 1.54) is 0 Å². The summed E-state index contributed by atoms with van der Waals surface area (Å²) < 4.78 is 10.4. The van der Waals surface area contributed by atoms with Crippen molar-refractivity contribution in [3.8, 4) is 12.0 Å². The summed E-state index contributed by atoms with van der Waals surface area (Å²) in [5, 5.41) is 10.6. The van der Waals surface area contributed by atoms with Crippen LogP contribution < -0.4 is 9.47 Å². The summed E-state index contributed by atoms with van der Waals surface area (Å²) in [5.74, 6) is -0.591. The van der Waals surface area contributed by atoms with Gasteiger partial charge in [0.15, 0.2) is 0 Å². The second-order valence-electron chi connectivity index (χ2n) is 3.79. The quantitative estimate of drug-likeness (QED) is 0.567. The van der Waals surface area contributed by atoms with E-state index in [-0.39, 0.29) is 24.2 Å². The fraction of sp³-hybridized carbons (Fsp3) is 0.667. The Morgan fingerprint density at radius 1 is 1.00 bits per heavy atom. The lowest BCUT2D eigenvalue weighted by Crippen LogP contribution is -2.14. The molecule has 1 rings (SSSR count). The molecule has 1 aromatic rings. The van der Waals surface area contributed by atoms with Crippen LogP contribution in [0, 0.1) is 10.1 Å². The first-order valence-corrected chi connectivity index (χ1v) is 5.12. The summed E-state index contributed by atoms with van der Waals surface area (Å²) in [6.07, 6.45) is -0.382. The SMILES string of the molecule is CC(C)Oc1nc(OC(C)C)nc([N+](=O)[O-])n1. The molecule has 0 fully saturated rings. The predicted molar refractivity (Wildman–Crippen MR) is 58.0 cm³/mol. The van der Waals surface area contributed by atoms with Crippen molar-refractivity contribution in [3.05, 3.63) is 10.1 Å². The van der Waals surface area contributed by atoms with E-state index in [0.717, 1.165) is 0 Å². The summed E-state index contributed by atoms with van der Waals surface area (Å²) in [6.45, 7) is 7.05. The van der Waals surface area contributed by atoms with E-state index in [1.54, 1.807) is 27.7 Å². The van der Waals surface area contributed by atoms with Gasteiger partial charge in [0.05, 0.1) is 12.2 Å². The van der Waals surface area contributed by atoms with E-state index in [4.69, 9.17) is 9.47 Å². The lowest BCUT2D eigenvalue weighted by Gasteiger charge is -2.07. The molecule has 0 saturated heterocycles. The Bertz CT molecular complexity index is 380. The molecule has 0 aliphatic carbocycles. The molecule has 94 valence electrons. The topological polar surface area (TPSA) is 100 Å². The predicted octanol–water partition coefficient (Wildman–Crippen LogP) is 1.35. The minimum atomic E-state index is -0.720. The summed E-state index contributed by atoms with van der Waals surface area (Å²) >= 11 is 0. The average molecular weight is 242 g/mol. The van der Waals surface area contributed by atoms with Crippen molar-refractivity contribution in [2.45, 2.75) is 39.9 Å². The molecule has 8 nitrogen and oxygen atoms in total. The number of nitrogens with zero attached hydrogens (tertiary/aromatic N) is 4. The highest BCUT2D eigenvalue weighted by Crippen LogP contribution is 2.16. The van der Waals surface area contributed by atoms with Crippen molar-refractivity contribution in [1.82, 2.24) is 15.0 Å². The Hall–Kier alpha value is -1.99. The second kappa shape index (κ2) is 5.37. The molecular weight excluding hydrogens is 228 g/mol. The highest BCUT2D eigenvalue weighted by atomic mass is 16.6. The number of aromatic nitrogens is 3. The van der Waals surface area contributed by atoms with Gasteiger partial charge in [0.25, 0.3) is 0 Å². The summed E-state index contributed by atoms with van der Waals surface area (Å²) in [4.78, 5) is 20.8. The van der Waals surface area contributed by atoms with Crippen LogP contribution in [-0.4, -0.2) is 32.1 Å². The third kappa shape index (κ3) is 4.17. The zero-order valence-corrected chi connectivity index (χ0v) is 10.1. The van der Waals surface area contributed by atoms with Crippen LogP contribution in [0.15, 0.2) is 0 Å². The van der Waals surface area contributed by atoms with Crippen molar-refractivity contribution < 1.29 is 14.4 Å². The van der Waals surface area contributed by atoms with Gasteiger partial charge < -0.3 is 19.6 Å². The molecule has 0 aliphatic rings. The first-order chi connectivity index (χ1) is 7.88. The van der Waals surface area contributed by atoms with Crippen molar-refractivity contribution in [2.75, 3.05) is 0 Å². The minimum Gasteiger partial charge on any atom is -0.448 e. The van der Waals surface area contributed by atoms with Crippen LogP contribution in [0.4, 0.5) is 5.95 Å². The monoisotopic (exact) mass is 242 g/mol. The van der Waals surface area contributed by atoms with Crippen molar-refractivity contribution in [2.24, 2.45) is 0 Å². The zero-order chi connectivity index (χ0) is 13.0. The van der Waals surface area contributed by atoms with Crippen molar-refractivity contribution in [1.29, 1.82) is 0 Å². The fourth-order valence-electron chi connectivity index (χ4n) is 0.937. The first kappa shape index (κ1) is 13.1. The van der Waals surface area contributed by atoms with Gasteiger partial charge >= 0.3 is 18.0 Å². The molecular formula is C9H14N4O4. The maximum atomic E-state index is 10.6. The summed E-state index contributed by atoms with van der Waals surface area (Å²) in [6, 6.07) is -0.227. The van der Waals surface area contributed by atoms with Crippen LogP contribution in [0.25, 0.3) is 0 Å². The van der Waals surface area contributed by atoms with E-state index in [0.29, 0.717) is 0 Å². The number of hydrogen-bond acceptors (Lipinski definition) is 7. The molecule has 0 bridgehead atoms. The normalized spacial score (nSPS) is 10.7. The van der Waals surface area contributed by atoms with Gasteiger partial charge in [-0.1, -0.05) is 0 Å². The molecule has 17 heavy (non-hydrogen) atoms. The number of rotatable bonds is 5. The molecule has 0 unspecified atom stereocenters. The van der Waals surface area contributed by atoms with Gasteiger partial charge in [0.2, 0.25) is 0 Å². The van der Waals surface area contributed by atoms with Gasteiger partial charge in [-0.05, 0) is 42.6 Å². The second-order valence-corrected chi connectivity index (χ2v) is 3.79. The largest absolute Gasteiger partial charge is 0.478 e. The van der Waals surface area contributed by atoms with E-state index >= 15 is 0 Å². The fourth-order valence-corrected chi connectivity index (χ4v) is 0.937. The standard InChI is InChI=1S/C9H14N4O4/c1-5(2)16-8-10-7(13(14)15)11-9(12-8)17-6(3)4/h5-6H,1-4H3. The Labute approximate surface area is 98.2 Å². The van der Waals surface area contributed by atoms with Gasteiger partial charge in [0, 0.05) is 0 Å². The average Bonchev–Trinajstić information content (AvgIpc) is 2.14. The summed E-state index contributed by atoms with van der Waals surface area (Å²) in [7, 11) is 0. The maximum Gasteiger partial charge on any atom is 0.478 e. The van der Waals surface area contributed by atoms with E-state index < -0.39 is 10.9 Å². The highest BCUT2D eigenvalue weighted by molar-refractivity contribution is 5.13. The molecule has 0 radical (unpaired) electrons. The number of hydrogen-bond donors (Lipinski definition) is 0. The van der Waals surface area contributed by atoms with E-state index in [1.807, 2.05) is 0 Å². The zero-order valence-electron chi connectivity index (χ0n) is 10.1. The molecule has 0 spiro atoms. The third-order valence-electron chi connectivity index (χ3n) is 1.43. The van der Waals surface area contributed by atoms with Crippen LogP contribution in [0.3, 0.4) is 0 Å². The molecule has 8 heteroatoms. The van der Waals surface area contributed by atoms with E-state index in [9.17, 15) is 10.1 Å². The van der Waals surface area contributed by atoms with Crippen LogP contribution in [0.5, 0.6) is 12.0 Å². The number of ether oxygens (including phenoxy) is 2. The van der Waals surface area contributed by atoms with E-state index in [2.05, 4.69) is 15.0 Å². The molecule has 0 aliphatic heterocycles. The Morgan fingerprint density at radius 3 is 1.71 bits per heavy atom. The molecule has 0 amide bonds. The van der Waals surface area contributed by atoms with Crippen LogP contribution in [-0.2, 0) is 0 Å². The van der Waals surface area contributed by atoms with Gasteiger partial charge in [-0.3, -0.25) is 0 Å². The third-order valence-corrected chi connectivity index (χ3v) is 1.43. The minimum absolute atomic E-state index is 0.114. The smallest absolute Gasteiger partial charge is 0.448 e. The first-order valence-electron chi connectivity index (χ1n) is 5.12. The maximum absolute atomic E-state index is 10.6. The summed E-state index contributed by atoms with van der Waals surface area (Å²) in [5.41, 5.74) is 0. The highest BCUT2D eigenvalue weighted by Gasteiger charge is 2.21. The molecule has 1 aromatic heterocycles. The van der Waals surface area contributed by atoms with Gasteiger partial charge in [-0.25, -0.2) is 0 Å². The Morgan fingerprint density at radius 2 is 1.41 bits per heavy atom. The van der Waals surface area contributed by atoms with Crippen LogP contribution in [0.2, 0.25) is 0 Å². The Kier molecular flexibility index (Phi) is 4.13. The lowest BCUT2D eigenvalue weighted by atomic mass is 10.5. The lowest BCUT2D eigenvalue weighted by molar-refractivity contribution is -0.394. The van der Waals surface area contributed by atoms with Crippen LogP contribution >= 0.6 is 0 Å². The van der Waals surface area contributed by atoms with Crippen molar-refractivity contribution >= 4 is 5.95 Å². The molecule has 0 N–H and O–H groups in total. The molecule has 0 saturated carbocycles. The van der Waals surface area contributed by atoms with Gasteiger partial charge in [-0.15, -0.1) is 4.98 Å². The Balaban J connectivity index is 3.04. The number of nitro groups is 1.